The molecule has 7 nitrogen and oxygen atoms in total. The number of aromatic nitrogens is 3. The SMILES string of the molecule is CC(C)n1c(=O)nc(Nc2ccc(OC(F)F)cc2)n(Cc2ccc(F)cc2)c1=O. The zero-order valence-electron chi connectivity index (χ0n) is 16.2. The molecule has 0 spiro atoms. The molecule has 1 aromatic heterocycles. The predicted octanol–water partition coefficient (Wildman–Crippen LogP) is 3.52. The monoisotopic (exact) mass is 420 g/mol. The highest BCUT2D eigenvalue weighted by Crippen LogP contribution is 2.20. The number of hydrogen-bond donors (Lipinski definition) is 1. The molecule has 0 aliphatic rings. The lowest BCUT2D eigenvalue weighted by Crippen LogP contribution is -2.43. The van der Waals surface area contributed by atoms with Gasteiger partial charge in [-0.1, -0.05) is 12.1 Å². The first-order chi connectivity index (χ1) is 14.2. The number of nitrogens with one attached hydrogen (secondary N) is 1. The molecule has 3 rings (SSSR count). The van der Waals surface area contributed by atoms with Crippen LogP contribution in [-0.2, 0) is 6.54 Å². The Hall–Kier alpha value is -3.56. The van der Waals surface area contributed by atoms with Gasteiger partial charge in [-0.05, 0) is 55.8 Å². The minimum absolute atomic E-state index is 0.0336. The van der Waals surface area contributed by atoms with Crippen LogP contribution >= 0.6 is 0 Å². The van der Waals surface area contributed by atoms with Gasteiger partial charge in [0.15, 0.2) is 0 Å². The maximum atomic E-state index is 13.2. The number of nitrogens with zero attached hydrogens (tertiary/aromatic N) is 3. The molecule has 0 bridgehead atoms. The highest BCUT2D eigenvalue weighted by molar-refractivity contribution is 5.54. The van der Waals surface area contributed by atoms with E-state index < -0.39 is 29.9 Å². The van der Waals surface area contributed by atoms with Gasteiger partial charge in [-0.2, -0.15) is 13.8 Å². The van der Waals surface area contributed by atoms with E-state index in [2.05, 4.69) is 15.0 Å². The van der Waals surface area contributed by atoms with Crippen molar-refractivity contribution in [1.29, 1.82) is 0 Å². The van der Waals surface area contributed by atoms with Crippen LogP contribution in [0.4, 0.5) is 24.8 Å². The molecule has 0 radical (unpaired) electrons. The third-order valence-corrected chi connectivity index (χ3v) is 4.21. The maximum absolute atomic E-state index is 13.2. The average molecular weight is 420 g/mol. The average Bonchev–Trinajstić information content (AvgIpc) is 2.67. The fraction of sp³-hybridized carbons (Fsp3) is 0.250. The molecular formula is C20H19F3N4O3. The van der Waals surface area contributed by atoms with Gasteiger partial charge in [0.1, 0.15) is 11.6 Å². The fourth-order valence-corrected chi connectivity index (χ4v) is 2.81. The number of hydrogen-bond acceptors (Lipinski definition) is 5. The number of anilines is 2. The Labute approximate surface area is 169 Å². The van der Waals surface area contributed by atoms with Gasteiger partial charge in [-0.3, -0.25) is 4.57 Å². The Morgan fingerprint density at radius 3 is 2.23 bits per heavy atom. The van der Waals surface area contributed by atoms with E-state index >= 15 is 0 Å². The first kappa shape index (κ1) is 21.2. The lowest BCUT2D eigenvalue weighted by molar-refractivity contribution is -0.0498. The summed E-state index contributed by atoms with van der Waals surface area (Å²) in [5.74, 6) is -0.489. The van der Waals surface area contributed by atoms with Crippen LogP contribution in [0.15, 0.2) is 58.1 Å². The van der Waals surface area contributed by atoms with E-state index in [1.807, 2.05) is 0 Å². The summed E-state index contributed by atoms with van der Waals surface area (Å²) < 4.78 is 44.4. The van der Waals surface area contributed by atoms with E-state index in [1.54, 1.807) is 13.8 Å². The fourth-order valence-electron chi connectivity index (χ4n) is 2.81. The Balaban J connectivity index is 2.01. The summed E-state index contributed by atoms with van der Waals surface area (Å²) >= 11 is 0. The van der Waals surface area contributed by atoms with Crippen molar-refractivity contribution >= 4 is 11.6 Å². The number of rotatable bonds is 7. The second kappa shape index (κ2) is 8.85. The van der Waals surface area contributed by atoms with Crippen LogP contribution in [0.5, 0.6) is 5.75 Å². The number of halogens is 3. The van der Waals surface area contributed by atoms with Crippen molar-refractivity contribution in [1.82, 2.24) is 14.1 Å². The van der Waals surface area contributed by atoms with Crippen LogP contribution in [0.1, 0.15) is 25.5 Å². The van der Waals surface area contributed by atoms with Gasteiger partial charge >= 0.3 is 18.0 Å². The first-order valence-corrected chi connectivity index (χ1v) is 9.04. The smallest absolute Gasteiger partial charge is 0.387 e. The molecule has 0 atom stereocenters. The zero-order chi connectivity index (χ0) is 21.8. The summed E-state index contributed by atoms with van der Waals surface area (Å²) in [7, 11) is 0. The molecule has 158 valence electrons. The molecule has 1 heterocycles. The molecular weight excluding hydrogens is 401 g/mol. The topological polar surface area (TPSA) is 78.2 Å². The number of ether oxygens (including phenoxy) is 1. The molecule has 10 heteroatoms. The van der Waals surface area contributed by atoms with Gasteiger partial charge in [0.25, 0.3) is 0 Å². The van der Waals surface area contributed by atoms with Crippen molar-refractivity contribution < 1.29 is 17.9 Å². The lowest BCUT2D eigenvalue weighted by atomic mass is 10.2. The number of alkyl halides is 2. The second-order valence-electron chi connectivity index (χ2n) is 6.70. The Morgan fingerprint density at radius 1 is 1.03 bits per heavy atom. The van der Waals surface area contributed by atoms with Crippen LogP contribution in [0.3, 0.4) is 0 Å². The number of benzene rings is 2. The highest BCUT2D eigenvalue weighted by atomic mass is 19.3. The molecule has 0 aliphatic heterocycles. The van der Waals surface area contributed by atoms with Gasteiger partial charge < -0.3 is 10.1 Å². The molecule has 30 heavy (non-hydrogen) atoms. The summed E-state index contributed by atoms with van der Waals surface area (Å²) in [5.41, 5.74) is -0.295. The van der Waals surface area contributed by atoms with Crippen molar-refractivity contribution in [3.8, 4) is 5.75 Å². The lowest BCUT2D eigenvalue weighted by Gasteiger charge is -2.17. The van der Waals surface area contributed by atoms with E-state index in [0.29, 0.717) is 11.3 Å². The van der Waals surface area contributed by atoms with Gasteiger partial charge in [0.2, 0.25) is 5.95 Å². The molecule has 3 aromatic rings. The summed E-state index contributed by atoms with van der Waals surface area (Å²) in [6.07, 6.45) is 0. The minimum atomic E-state index is -2.95. The van der Waals surface area contributed by atoms with Crippen molar-refractivity contribution in [2.75, 3.05) is 5.32 Å². The molecule has 0 amide bonds. The van der Waals surface area contributed by atoms with Crippen molar-refractivity contribution in [2.45, 2.75) is 33.0 Å². The summed E-state index contributed by atoms with van der Waals surface area (Å²) in [4.78, 5) is 29.3. The van der Waals surface area contributed by atoms with E-state index in [0.717, 1.165) is 4.57 Å². The van der Waals surface area contributed by atoms with Crippen molar-refractivity contribution in [3.05, 3.63) is 80.9 Å². The van der Waals surface area contributed by atoms with Crippen LogP contribution in [-0.4, -0.2) is 20.7 Å². The van der Waals surface area contributed by atoms with Crippen LogP contribution in [0.2, 0.25) is 0 Å². The Kier molecular flexibility index (Phi) is 6.24. The molecule has 0 fully saturated rings. The molecule has 0 saturated heterocycles. The van der Waals surface area contributed by atoms with Crippen molar-refractivity contribution in [3.63, 3.8) is 0 Å². The molecule has 1 N–H and O–H groups in total. The third-order valence-electron chi connectivity index (χ3n) is 4.21. The Morgan fingerprint density at radius 2 is 1.67 bits per heavy atom. The van der Waals surface area contributed by atoms with Gasteiger partial charge in [-0.15, -0.1) is 0 Å². The summed E-state index contributed by atoms with van der Waals surface area (Å²) in [6.45, 7) is 0.451. The van der Waals surface area contributed by atoms with Crippen LogP contribution < -0.4 is 21.4 Å². The second-order valence-corrected chi connectivity index (χ2v) is 6.70. The minimum Gasteiger partial charge on any atom is -0.435 e. The maximum Gasteiger partial charge on any atom is 0.387 e. The van der Waals surface area contributed by atoms with Crippen LogP contribution in [0, 0.1) is 5.82 Å². The van der Waals surface area contributed by atoms with Gasteiger partial charge in [0.05, 0.1) is 6.54 Å². The Bertz CT molecular complexity index is 1120. The molecule has 0 saturated carbocycles. The van der Waals surface area contributed by atoms with Crippen molar-refractivity contribution in [2.24, 2.45) is 0 Å². The highest BCUT2D eigenvalue weighted by Gasteiger charge is 2.16. The van der Waals surface area contributed by atoms with Gasteiger partial charge in [-0.25, -0.2) is 18.5 Å². The van der Waals surface area contributed by atoms with E-state index in [-0.39, 0.29) is 18.2 Å². The standard InChI is InChI=1S/C20H19F3N4O3/c1-12(2)27-19(28)25-18(24-15-7-9-16(10-8-15)30-17(22)23)26(20(27)29)11-13-3-5-14(21)6-4-13/h3-10,12,17H,11H2,1-2H3,(H,24,25,28). The van der Waals surface area contributed by atoms with E-state index in [1.165, 1.54) is 53.1 Å². The third kappa shape index (κ3) is 4.88. The van der Waals surface area contributed by atoms with E-state index in [9.17, 15) is 22.8 Å². The molecule has 0 aliphatic carbocycles. The normalized spacial score (nSPS) is 11.2. The quantitative estimate of drug-likeness (QED) is 0.633. The predicted molar refractivity (Wildman–Crippen MR) is 105 cm³/mol. The first-order valence-electron chi connectivity index (χ1n) is 9.04. The summed E-state index contributed by atoms with van der Waals surface area (Å²) in [5, 5.41) is 2.85. The van der Waals surface area contributed by atoms with E-state index in [4.69, 9.17) is 0 Å². The molecule has 0 unspecified atom stereocenters. The van der Waals surface area contributed by atoms with Crippen LogP contribution in [0.25, 0.3) is 0 Å². The zero-order valence-corrected chi connectivity index (χ0v) is 16.2. The molecule has 2 aromatic carbocycles. The largest absolute Gasteiger partial charge is 0.435 e. The van der Waals surface area contributed by atoms with Gasteiger partial charge in [0, 0.05) is 11.7 Å². The summed E-state index contributed by atoms with van der Waals surface area (Å²) in [6, 6.07) is 10.7.